The van der Waals surface area contributed by atoms with Crippen LogP contribution in [0.1, 0.15) is 258 Å². The highest BCUT2D eigenvalue weighted by molar-refractivity contribution is 7.47. The Morgan fingerprint density at radius 2 is 0.658 bits per heavy atom. The number of nitrogens with two attached hydrogens (primary N) is 1. The molecule has 0 aliphatic rings. The van der Waals surface area contributed by atoms with Crippen molar-refractivity contribution in [3.05, 3.63) is 134 Å². The minimum absolute atomic E-state index is 0.0463. The molecule has 0 aromatic heterocycles. The number of ether oxygens (including phenoxy) is 2. The predicted octanol–water partition coefficient (Wildman–Crippen LogP) is 20.5. The molecule has 0 spiro atoms. The summed E-state index contributed by atoms with van der Waals surface area (Å²) in [5.74, 6) is -0.838. The zero-order chi connectivity index (χ0) is 57.3. The second-order valence-corrected chi connectivity index (χ2v) is 22.0. The molecule has 2 atom stereocenters. The van der Waals surface area contributed by atoms with E-state index in [1.807, 2.05) is 0 Å². The molecule has 79 heavy (non-hydrogen) atoms. The molecule has 450 valence electrons. The molecule has 0 saturated carbocycles. The first-order chi connectivity index (χ1) is 38.8. The summed E-state index contributed by atoms with van der Waals surface area (Å²) in [5, 5.41) is 0. The lowest BCUT2D eigenvalue weighted by Gasteiger charge is -2.19. The third kappa shape index (κ3) is 63.2. The standard InChI is InChI=1S/C69H116NO8P/c1-3-5-7-9-11-13-15-17-19-21-23-25-27-29-31-32-33-34-36-38-40-42-44-46-48-50-52-54-56-58-60-62-69(72)78-67(66-77-79(73,74)76-64-63-70)65-75-68(71)61-59-57-55-53-51-49-47-45-43-41-39-37-35-30-28-26-24-22-20-18-16-14-12-10-8-6-4-2/h5-8,11-14,17-20,23-26,29,31,33-34,38,40,67H,3-4,9-10,15-16,21-22,27-28,30,32,35-37,39,41-66,70H2,1-2H3,(H,73,74)/b7-5-,8-6-,13-11-,14-12-,19-17-,20-18-,25-23-,26-24-,31-29-,34-33-,40-38-. The largest absolute Gasteiger partial charge is 0.472 e. The molecule has 0 bridgehead atoms. The highest BCUT2D eigenvalue weighted by atomic mass is 31.2. The molecule has 3 N–H and O–H groups in total. The van der Waals surface area contributed by atoms with Crippen molar-refractivity contribution in [3.8, 4) is 0 Å². The Hall–Kier alpha value is -3.85. The van der Waals surface area contributed by atoms with Gasteiger partial charge in [0.25, 0.3) is 0 Å². The van der Waals surface area contributed by atoms with Gasteiger partial charge in [0.15, 0.2) is 6.10 Å². The van der Waals surface area contributed by atoms with Gasteiger partial charge < -0.3 is 20.1 Å². The van der Waals surface area contributed by atoms with Crippen LogP contribution < -0.4 is 5.73 Å². The van der Waals surface area contributed by atoms with Gasteiger partial charge in [0.05, 0.1) is 13.2 Å². The first kappa shape index (κ1) is 75.2. The maximum atomic E-state index is 12.7. The second-order valence-electron chi connectivity index (χ2n) is 20.5. The Morgan fingerprint density at radius 1 is 0.380 bits per heavy atom. The Balaban J connectivity index is 3.98. The van der Waals surface area contributed by atoms with E-state index >= 15 is 0 Å². The molecule has 0 radical (unpaired) electrons. The van der Waals surface area contributed by atoms with Crippen molar-refractivity contribution < 1.29 is 37.6 Å². The van der Waals surface area contributed by atoms with Gasteiger partial charge in [-0.25, -0.2) is 4.57 Å². The number of rotatable bonds is 58. The number of esters is 2. The smallest absolute Gasteiger partial charge is 0.462 e. The molecule has 0 amide bonds. The van der Waals surface area contributed by atoms with Crippen LogP contribution in [0, 0.1) is 0 Å². The van der Waals surface area contributed by atoms with Gasteiger partial charge >= 0.3 is 19.8 Å². The second kappa shape index (κ2) is 63.3. The molecule has 0 rings (SSSR count). The maximum absolute atomic E-state index is 12.7. The minimum Gasteiger partial charge on any atom is -0.462 e. The summed E-state index contributed by atoms with van der Waals surface area (Å²) in [7, 11) is -4.40. The van der Waals surface area contributed by atoms with Gasteiger partial charge in [-0.15, -0.1) is 0 Å². The van der Waals surface area contributed by atoms with E-state index in [9.17, 15) is 19.0 Å². The minimum atomic E-state index is -4.40. The highest BCUT2D eigenvalue weighted by Crippen LogP contribution is 2.43. The number of carbonyl (C=O) groups is 2. The summed E-state index contributed by atoms with van der Waals surface area (Å²) in [6.45, 7) is 3.51. The summed E-state index contributed by atoms with van der Waals surface area (Å²) >= 11 is 0. The van der Waals surface area contributed by atoms with E-state index in [0.717, 1.165) is 116 Å². The molecule has 0 aliphatic carbocycles. The van der Waals surface area contributed by atoms with E-state index < -0.39 is 26.5 Å². The van der Waals surface area contributed by atoms with E-state index in [1.54, 1.807) is 0 Å². The van der Waals surface area contributed by atoms with E-state index in [0.29, 0.717) is 6.42 Å². The summed E-state index contributed by atoms with van der Waals surface area (Å²) in [6, 6.07) is 0. The molecule has 0 heterocycles. The molecular formula is C69H116NO8P. The lowest BCUT2D eigenvalue weighted by Crippen LogP contribution is -2.29. The average molecular weight is 1120 g/mol. The predicted molar refractivity (Wildman–Crippen MR) is 339 cm³/mol. The number of phosphoric ester groups is 1. The Bertz CT molecular complexity index is 1750. The molecule has 0 aliphatic heterocycles. The number of hydrogen-bond acceptors (Lipinski definition) is 8. The summed E-state index contributed by atoms with van der Waals surface area (Å²) in [4.78, 5) is 35.3. The Morgan fingerprint density at radius 3 is 0.975 bits per heavy atom. The SMILES string of the molecule is CC/C=C\C/C=C\C/C=C\C/C=C\C/C=C\C/C=C\C/C=C\CCCCCCCCCCCC(=O)OC(COC(=O)CCCCCCCCCCCCCCCC/C=C\C/C=C\C/C=C\C/C=C\CC)COP(=O)(O)OCCN. The molecule has 2 unspecified atom stereocenters. The van der Waals surface area contributed by atoms with Crippen LogP contribution in [0.3, 0.4) is 0 Å². The van der Waals surface area contributed by atoms with Crippen molar-refractivity contribution in [2.75, 3.05) is 26.4 Å². The molecule has 10 heteroatoms. The number of allylic oxidation sites excluding steroid dienone is 22. The van der Waals surface area contributed by atoms with Gasteiger partial charge in [0, 0.05) is 19.4 Å². The molecular weight excluding hydrogens is 1000 g/mol. The van der Waals surface area contributed by atoms with Crippen molar-refractivity contribution in [1.29, 1.82) is 0 Å². The van der Waals surface area contributed by atoms with Crippen LogP contribution in [0.2, 0.25) is 0 Å². The number of phosphoric acid groups is 1. The molecule has 0 aromatic rings. The van der Waals surface area contributed by atoms with Gasteiger partial charge in [-0.05, 0) is 109 Å². The number of hydrogen-bond donors (Lipinski definition) is 2. The zero-order valence-corrected chi connectivity index (χ0v) is 51.2. The molecule has 0 aromatic carbocycles. The van der Waals surface area contributed by atoms with Gasteiger partial charge in [-0.2, -0.15) is 0 Å². The zero-order valence-electron chi connectivity index (χ0n) is 50.3. The van der Waals surface area contributed by atoms with Crippen LogP contribution >= 0.6 is 7.82 Å². The summed E-state index contributed by atoms with van der Waals surface area (Å²) < 4.78 is 33.1. The van der Waals surface area contributed by atoms with Crippen LogP contribution in [-0.4, -0.2) is 49.3 Å². The van der Waals surface area contributed by atoms with Crippen molar-refractivity contribution in [3.63, 3.8) is 0 Å². The quantitative estimate of drug-likeness (QED) is 0.0264. The fourth-order valence-corrected chi connectivity index (χ4v) is 9.20. The van der Waals surface area contributed by atoms with Gasteiger partial charge in [-0.1, -0.05) is 270 Å². The van der Waals surface area contributed by atoms with Crippen LogP contribution in [0.25, 0.3) is 0 Å². The van der Waals surface area contributed by atoms with Crippen LogP contribution in [0.4, 0.5) is 0 Å². The van der Waals surface area contributed by atoms with Crippen LogP contribution in [-0.2, 0) is 32.7 Å². The van der Waals surface area contributed by atoms with Crippen molar-refractivity contribution >= 4 is 19.8 Å². The topological polar surface area (TPSA) is 134 Å². The van der Waals surface area contributed by atoms with E-state index in [2.05, 4.69) is 148 Å². The van der Waals surface area contributed by atoms with Crippen LogP contribution in [0.5, 0.6) is 0 Å². The number of unbranched alkanes of at least 4 members (excludes halogenated alkanes) is 23. The van der Waals surface area contributed by atoms with Gasteiger partial charge in [0.2, 0.25) is 0 Å². The summed E-state index contributed by atoms with van der Waals surface area (Å²) in [6.07, 6.45) is 89.4. The molecule has 9 nitrogen and oxygen atoms in total. The Kier molecular flexibility index (Phi) is 60.2. The fourth-order valence-electron chi connectivity index (χ4n) is 8.43. The first-order valence-corrected chi connectivity index (χ1v) is 33.2. The first-order valence-electron chi connectivity index (χ1n) is 31.7. The summed E-state index contributed by atoms with van der Waals surface area (Å²) in [5.41, 5.74) is 5.39. The fraction of sp³-hybridized carbons (Fsp3) is 0.652. The highest BCUT2D eigenvalue weighted by Gasteiger charge is 2.26. The molecule has 0 saturated heterocycles. The number of carbonyl (C=O) groups excluding carboxylic acids is 2. The van der Waals surface area contributed by atoms with E-state index in [4.69, 9.17) is 24.3 Å². The van der Waals surface area contributed by atoms with Crippen molar-refractivity contribution in [2.24, 2.45) is 5.73 Å². The molecule has 0 fully saturated rings. The lowest BCUT2D eigenvalue weighted by molar-refractivity contribution is -0.161. The van der Waals surface area contributed by atoms with Gasteiger partial charge in [-0.3, -0.25) is 18.6 Å². The van der Waals surface area contributed by atoms with E-state index in [-0.39, 0.29) is 38.6 Å². The lowest BCUT2D eigenvalue weighted by atomic mass is 10.0. The third-order valence-electron chi connectivity index (χ3n) is 13.0. The van der Waals surface area contributed by atoms with Crippen molar-refractivity contribution in [2.45, 2.75) is 264 Å². The van der Waals surface area contributed by atoms with Crippen molar-refractivity contribution in [1.82, 2.24) is 0 Å². The van der Waals surface area contributed by atoms with E-state index in [1.165, 1.54) is 109 Å². The normalized spacial score (nSPS) is 13.9. The monoisotopic (exact) mass is 1120 g/mol. The Labute approximate surface area is 484 Å². The van der Waals surface area contributed by atoms with Gasteiger partial charge in [0.1, 0.15) is 6.61 Å². The maximum Gasteiger partial charge on any atom is 0.472 e. The van der Waals surface area contributed by atoms with Crippen LogP contribution in [0.15, 0.2) is 134 Å². The average Bonchev–Trinajstić information content (AvgIpc) is 3.44. The third-order valence-corrected chi connectivity index (χ3v) is 14.0.